The van der Waals surface area contributed by atoms with Gasteiger partial charge in [0.1, 0.15) is 17.8 Å². The quantitative estimate of drug-likeness (QED) is 0.451. The summed E-state index contributed by atoms with van der Waals surface area (Å²) in [6.07, 6.45) is 2.15. The van der Waals surface area contributed by atoms with Crippen LogP contribution in [-0.2, 0) is 0 Å². The molecule has 0 saturated carbocycles. The fourth-order valence-corrected chi connectivity index (χ4v) is 4.44. The van der Waals surface area contributed by atoms with E-state index in [0.717, 1.165) is 16.9 Å². The molecule has 0 radical (unpaired) electrons. The van der Waals surface area contributed by atoms with Crippen LogP contribution in [0.3, 0.4) is 0 Å². The van der Waals surface area contributed by atoms with E-state index in [1.807, 2.05) is 59.3 Å². The summed E-state index contributed by atoms with van der Waals surface area (Å²) < 4.78 is 12.7. The van der Waals surface area contributed by atoms with Gasteiger partial charge in [0.05, 0.1) is 31.9 Å². The number of benzene rings is 3. The summed E-state index contributed by atoms with van der Waals surface area (Å²) in [6.45, 7) is 0. The van der Waals surface area contributed by atoms with Crippen LogP contribution in [0, 0.1) is 0 Å². The number of methoxy groups -OCH3 is 2. The molecule has 5 rings (SSSR count). The minimum Gasteiger partial charge on any atom is -0.497 e. The van der Waals surface area contributed by atoms with E-state index in [4.69, 9.17) is 9.47 Å². The van der Waals surface area contributed by atoms with E-state index >= 15 is 0 Å². The Kier molecular flexibility index (Phi) is 5.52. The summed E-state index contributed by atoms with van der Waals surface area (Å²) in [5.41, 5.74) is 2.59. The third kappa shape index (κ3) is 3.71. The minimum atomic E-state index is -0.254. The van der Waals surface area contributed by atoms with Crippen molar-refractivity contribution in [1.82, 2.24) is 14.8 Å². The summed E-state index contributed by atoms with van der Waals surface area (Å²) in [5.74, 6) is 1.60. The Morgan fingerprint density at radius 1 is 0.848 bits per heavy atom. The number of ether oxygens (including phenoxy) is 2. The molecule has 3 aromatic carbocycles. The molecule has 166 valence electrons. The van der Waals surface area contributed by atoms with Crippen LogP contribution >= 0.6 is 0 Å². The second kappa shape index (κ2) is 8.78. The van der Waals surface area contributed by atoms with Crippen LogP contribution < -0.4 is 14.4 Å². The average molecular weight is 441 g/mol. The highest BCUT2D eigenvalue weighted by atomic mass is 16.5. The van der Waals surface area contributed by atoms with Crippen molar-refractivity contribution in [2.45, 2.75) is 18.5 Å². The number of anilines is 1. The number of nitrogens with zero attached hydrogens (tertiary/aromatic N) is 4. The highest BCUT2D eigenvalue weighted by molar-refractivity contribution is 6.07. The largest absolute Gasteiger partial charge is 0.497 e. The van der Waals surface area contributed by atoms with Gasteiger partial charge in [-0.05, 0) is 41.8 Å². The first-order chi connectivity index (χ1) is 16.2. The molecule has 1 aliphatic rings. The highest BCUT2D eigenvalue weighted by Crippen LogP contribution is 2.43. The molecule has 1 aromatic heterocycles. The van der Waals surface area contributed by atoms with E-state index in [1.54, 1.807) is 31.3 Å². The number of rotatable bonds is 5. The lowest BCUT2D eigenvalue weighted by Gasteiger charge is -2.39. The highest BCUT2D eigenvalue weighted by Gasteiger charge is 2.40. The molecule has 0 fully saturated rings. The molecule has 0 bridgehead atoms. The fourth-order valence-electron chi connectivity index (χ4n) is 4.44. The molecule has 7 nitrogen and oxygen atoms in total. The van der Waals surface area contributed by atoms with Gasteiger partial charge < -0.3 is 9.47 Å². The molecule has 0 aliphatic carbocycles. The Morgan fingerprint density at radius 3 is 2.27 bits per heavy atom. The van der Waals surface area contributed by atoms with Crippen molar-refractivity contribution in [2.75, 3.05) is 19.1 Å². The lowest BCUT2D eigenvalue weighted by atomic mass is 9.91. The van der Waals surface area contributed by atoms with Crippen LogP contribution in [0.5, 0.6) is 11.5 Å². The third-order valence-corrected chi connectivity index (χ3v) is 6.06. The van der Waals surface area contributed by atoms with Gasteiger partial charge in [0.15, 0.2) is 0 Å². The Bertz CT molecular complexity index is 1250. The van der Waals surface area contributed by atoms with Gasteiger partial charge in [-0.2, -0.15) is 10.1 Å². The van der Waals surface area contributed by atoms with Crippen molar-refractivity contribution in [3.05, 3.63) is 102 Å². The number of hydrogen-bond donors (Lipinski definition) is 0. The maximum absolute atomic E-state index is 13.9. The molecule has 33 heavy (non-hydrogen) atoms. The van der Waals surface area contributed by atoms with E-state index in [0.29, 0.717) is 23.7 Å². The van der Waals surface area contributed by atoms with Gasteiger partial charge in [0, 0.05) is 0 Å². The van der Waals surface area contributed by atoms with Gasteiger partial charge in [0.25, 0.3) is 5.91 Å². The predicted molar refractivity (Wildman–Crippen MR) is 125 cm³/mol. The van der Waals surface area contributed by atoms with Crippen molar-refractivity contribution in [3.63, 3.8) is 0 Å². The summed E-state index contributed by atoms with van der Waals surface area (Å²) in [6, 6.07) is 24.9. The Morgan fingerprint density at radius 2 is 1.55 bits per heavy atom. The smallest absolute Gasteiger partial charge is 0.264 e. The normalized spacial score (nSPS) is 17.3. The van der Waals surface area contributed by atoms with Crippen molar-refractivity contribution >= 4 is 11.9 Å². The predicted octanol–water partition coefficient (Wildman–Crippen LogP) is 4.68. The van der Waals surface area contributed by atoms with E-state index in [9.17, 15) is 4.79 Å². The second-order valence-corrected chi connectivity index (χ2v) is 7.83. The Balaban J connectivity index is 1.65. The van der Waals surface area contributed by atoms with Crippen LogP contribution in [0.25, 0.3) is 0 Å². The molecule has 0 N–H and O–H groups in total. The van der Waals surface area contributed by atoms with Gasteiger partial charge in [-0.1, -0.05) is 54.6 Å². The van der Waals surface area contributed by atoms with E-state index in [-0.39, 0.29) is 18.0 Å². The maximum Gasteiger partial charge on any atom is 0.264 e. The lowest BCUT2D eigenvalue weighted by Crippen LogP contribution is -2.42. The number of carbonyl (C=O) groups excluding carboxylic acids is 1. The zero-order valence-electron chi connectivity index (χ0n) is 18.5. The third-order valence-electron chi connectivity index (χ3n) is 6.06. The number of amides is 1. The summed E-state index contributed by atoms with van der Waals surface area (Å²) in [7, 11) is 3.21. The summed E-state index contributed by atoms with van der Waals surface area (Å²) in [5, 5.41) is 4.50. The van der Waals surface area contributed by atoms with Crippen molar-refractivity contribution in [3.8, 4) is 11.5 Å². The van der Waals surface area contributed by atoms with Crippen molar-refractivity contribution in [2.24, 2.45) is 0 Å². The van der Waals surface area contributed by atoms with Crippen LogP contribution in [0.4, 0.5) is 5.95 Å². The number of para-hydroxylation sites is 1. The number of fused-ring (bicyclic) bond motifs is 1. The number of carbonyl (C=O) groups is 1. The molecule has 1 amide bonds. The lowest BCUT2D eigenvalue weighted by molar-refractivity contribution is 0.0960. The molecule has 0 saturated heterocycles. The Hall–Kier alpha value is -4.13. The average Bonchev–Trinajstić information content (AvgIpc) is 3.37. The van der Waals surface area contributed by atoms with Crippen LogP contribution in [0.15, 0.2) is 85.2 Å². The standard InChI is InChI=1S/C26H24N4O3/c1-32-20-14-12-19(13-15-20)22-16-23(18-8-4-3-5-9-18)30-26(27-17-28-30)29(22)25(31)21-10-6-7-11-24(21)33-2/h3-15,17,22-23H,16H2,1-2H3. The second-order valence-electron chi connectivity index (χ2n) is 7.83. The molecule has 0 spiro atoms. The summed E-state index contributed by atoms with van der Waals surface area (Å²) in [4.78, 5) is 20.2. The van der Waals surface area contributed by atoms with Gasteiger partial charge >= 0.3 is 0 Å². The molecular formula is C26H24N4O3. The van der Waals surface area contributed by atoms with Gasteiger partial charge in [-0.25, -0.2) is 4.68 Å². The first-order valence-corrected chi connectivity index (χ1v) is 10.8. The molecule has 1 aliphatic heterocycles. The monoisotopic (exact) mass is 440 g/mol. The van der Waals surface area contributed by atoms with Crippen LogP contribution in [-0.4, -0.2) is 34.9 Å². The minimum absolute atomic E-state index is 0.0579. The zero-order valence-corrected chi connectivity index (χ0v) is 18.5. The van der Waals surface area contributed by atoms with E-state index in [1.165, 1.54) is 6.33 Å². The van der Waals surface area contributed by atoms with Crippen LogP contribution in [0.1, 0.15) is 40.0 Å². The molecule has 2 heterocycles. The molecule has 2 unspecified atom stereocenters. The number of aromatic nitrogens is 3. The zero-order chi connectivity index (χ0) is 22.8. The van der Waals surface area contributed by atoms with Gasteiger partial charge in [-0.15, -0.1) is 0 Å². The first-order valence-electron chi connectivity index (χ1n) is 10.8. The molecular weight excluding hydrogens is 416 g/mol. The van der Waals surface area contributed by atoms with E-state index < -0.39 is 0 Å². The maximum atomic E-state index is 13.9. The van der Waals surface area contributed by atoms with Crippen molar-refractivity contribution in [1.29, 1.82) is 0 Å². The van der Waals surface area contributed by atoms with E-state index in [2.05, 4.69) is 22.2 Å². The van der Waals surface area contributed by atoms with Crippen LogP contribution in [0.2, 0.25) is 0 Å². The molecule has 7 heteroatoms. The molecule has 2 atom stereocenters. The van der Waals surface area contributed by atoms with Crippen molar-refractivity contribution < 1.29 is 14.3 Å². The first kappa shape index (κ1) is 20.8. The fraction of sp³-hybridized carbons (Fsp3) is 0.192. The SMILES string of the molecule is COc1ccc(C2CC(c3ccccc3)n3ncnc3N2C(=O)c2ccccc2OC)cc1. The summed E-state index contributed by atoms with van der Waals surface area (Å²) >= 11 is 0. The Labute approximate surface area is 192 Å². The van der Waals surface area contributed by atoms with Gasteiger partial charge in [-0.3, -0.25) is 9.69 Å². The molecule has 4 aromatic rings. The topological polar surface area (TPSA) is 69.5 Å². The number of hydrogen-bond acceptors (Lipinski definition) is 5. The van der Waals surface area contributed by atoms with Gasteiger partial charge in [0.2, 0.25) is 5.95 Å².